The van der Waals surface area contributed by atoms with Gasteiger partial charge in [0.2, 0.25) is 0 Å². The highest BCUT2D eigenvalue weighted by Crippen LogP contribution is 2.32. The lowest BCUT2D eigenvalue weighted by Gasteiger charge is -2.36. The van der Waals surface area contributed by atoms with E-state index in [1.54, 1.807) is 36.0 Å². The fourth-order valence-corrected chi connectivity index (χ4v) is 9.21. The third kappa shape index (κ3) is 13.7. The molecule has 2 amide bonds. The van der Waals surface area contributed by atoms with E-state index in [0.717, 1.165) is 53.0 Å². The van der Waals surface area contributed by atoms with Crippen LogP contribution in [0.15, 0.2) is 125 Å². The molecule has 0 unspecified atom stereocenters. The molecule has 0 aliphatic carbocycles. The Balaban J connectivity index is 1.08. The van der Waals surface area contributed by atoms with Crippen molar-refractivity contribution in [1.82, 2.24) is 14.5 Å². The van der Waals surface area contributed by atoms with Gasteiger partial charge in [-0.05, 0) is 137 Å². The zero-order valence-electron chi connectivity index (χ0n) is 36.5. The van der Waals surface area contributed by atoms with E-state index in [2.05, 4.69) is 25.2 Å². The summed E-state index contributed by atoms with van der Waals surface area (Å²) in [6.45, 7) is 9.64. The van der Waals surface area contributed by atoms with Crippen LogP contribution < -0.4 is 20.3 Å². The number of nitro groups is 1. The van der Waals surface area contributed by atoms with Gasteiger partial charge in [0.05, 0.1) is 9.82 Å². The second-order valence-corrected chi connectivity index (χ2v) is 20.0. The Morgan fingerprint density at radius 2 is 1.59 bits per heavy atom. The van der Waals surface area contributed by atoms with Crippen LogP contribution >= 0.6 is 23.4 Å². The van der Waals surface area contributed by atoms with E-state index < -0.39 is 43.1 Å². The quantitative estimate of drug-likeness (QED) is 0.0461. The van der Waals surface area contributed by atoms with Crippen molar-refractivity contribution in [2.75, 3.05) is 68.1 Å². The lowest BCUT2D eigenvalue weighted by molar-refractivity contribution is -0.384. The molecule has 1 atom stereocenters. The maximum absolute atomic E-state index is 13.4. The topological polar surface area (TPSA) is 166 Å². The Hall–Kier alpha value is -5.65. The highest BCUT2D eigenvalue weighted by atomic mass is 35.5. The Bertz CT molecular complexity index is 2510. The fourth-order valence-electron chi connectivity index (χ4n) is 7.10. The summed E-state index contributed by atoms with van der Waals surface area (Å²) < 4.78 is 34.4. The number of thioether (sulfide) groups is 1. The molecule has 0 spiro atoms. The monoisotopic (exact) mass is 927 g/mol. The molecule has 3 N–H and O–H groups in total. The van der Waals surface area contributed by atoms with Gasteiger partial charge in [0.1, 0.15) is 11.3 Å². The molecule has 17 heteroatoms. The largest absolute Gasteiger partial charge is 0.444 e. The molecule has 0 bridgehead atoms. The molecule has 0 saturated carbocycles. The lowest BCUT2D eigenvalue weighted by atomic mass is 9.98. The minimum atomic E-state index is -4.47. The first-order valence-electron chi connectivity index (χ1n) is 20.8. The summed E-state index contributed by atoms with van der Waals surface area (Å²) in [7, 11) is -0.566. The van der Waals surface area contributed by atoms with Gasteiger partial charge in [0.15, 0.2) is 0 Å². The standard InChI is InChI=1S/C47H54ClN7O7S2/c1-47(2,3)62-46(57)50-37-17-21-42(33-11-15-36(48)16-12-33)35(29-37)31-53-25-27-54(28-26-53)39-18-13-34(14-19-39)45(56)51-64(60,61)41-20-22-43(44(30-41)55(58)59)49-38(23-24-52(4)5)32-63-40-9-7-6-8-10-40/h6-22,29-30,38,49H,23-28,31-32H2,1-5H3,(H,50,57)(H,51,56)/t38-/m1/s1. The summed E-state index contributed by atoms with van der Waals surface area (Å²) in [6.07, 6.45) is 0.157. The van der Waals surface area contributed by atoms with Crippen LogP contribution in [0.25, 0.3) is 11.1 Å². The summed E-state index contributed by atoms with van der Waals surface area (Å²) >= 11 is 7.81. The van der Waals surface area contributed by atoms with Gasteiger partial charge < -0.3 is 19.9 Å². The minimum absolute atomic E-state index is 0.119. The summed E-state index contributed by atoms with van der Waals surface area (Å²) in [5.74, 6) is -0.234. The zero-order valence-corrected chi connectivity index (χ0v) is 38.9. The molecule has 5 aromatic carbocycles. The van der Waals surface area contributed by atoms with Gasteiger partial charge in [-0.15, -0.1) is 11.8 Å². The van der Waals surface area contributed by atoms with E-state index in [1.165, 1.54) is 12.1 Å². The number of hydrogen-bond acceptors (Lipinski definition) is 12. The number of nitro benzene ring substituents is 1. The molecule has 1 aliphatic rings. The number of nitrogens with one attached hydrogen (secondary N) is 3. The number of ether oxygens (including phenoxy) is 1. The van der Waals surface area contributed by atoms with Crippen molar-refractivity contribution in [3.8, 4) is 11.1 Å². The van der Waals surface area contributed by atoms with Crippen molar-refractivity contribution in [3.63, 3.8) is 0 Å². The molecule has 1 saturated heterocycles. The lowest BCUT2D eigenvalue weighted by Crippen LogP contribution is -2.46. The number of sulfonamides is 1. The summed E-state index contributed by atoms with van der Waals surface area (Å²) in [5, 5.41) is 19.0. The number of anilines is 3. The Kier molecular flexibility index (Phi) is 16.0. The highest BCUT2D eigenvalue weighted by Gasteiger charge is 2.26. The van der Waals surface area contributed by atoms with Crippen molar-refractivity contribution < 1.29 is 27.7 Å². The normalized spacial score (nSPS) is 13.9. The number of piperazine rings is 1. The van der Waals surface area contributed by atoms with E-state index in [1.807, 2.05) is 113 Å². The maximum Gasteiger partial charge on any atom is 0.412 e. The zero-order chi connectivity index (χ0) is 46.0. The second kappa shape index (κ2) is 21.4. The van der Waals surface area contributed by atoms with Gasteiger partial charge >= 0.3 is 6.09 Å². The van der Waals surface area contributed by atoms with E-state index >= 15 is 0 Å². The minimum Gasteiger partial charge on any atom is -0.444 e. The van der Waals surface area contributed by atoms with Crippen molar-refractivity contribution in [2.45, 2.75) is 55.2 Å². The SMILES string of the molecule is CN(C)CC[C@H](CSc1ccccc1)Nc1ccc(S(=O)(=O)NC(=O)c2ccc(N3CCN(Cc4cc(NC(=O)OC(C)(C)C)ccc4-c4ccc(Cl)cc4)CC3)cc2)cc1[N+](=O)[O-]. The van der Waals surface area contributed by atoms with Crippen LogP contribution in [0.4, 0.5) is 27.5 Å². The number of carbonyl (C=O) groups is 2. The van der Waals surface area contributed by atoms with Gasteiger partial charge in [-0.2, -0.15) is 0 Å². The van der Waals surface area contributed by atoms with Gasteiger partial charge in [-0.3, -0.25) is 25.1 Å². The molecule has 6 rings (SSSR count). The summed E-state index contributed by atoms with van der Waals surface area (Å²) in [6, 6.07) is 33.4. The number of carbonyl (C=O) groups excluding carboxylic acids is 2. The molecular weight excluding hydrogens is 874 g/mol. The molecule has 1 heterocycles. The second-order valence-electron chi connectivity index (χ2n) is 16.7. The van der Waals surface area contributed by atoms with E-state index in [9.17, 15) is 28.1 Å². The van der Waals surface area contributed by atoms with Crippen molar-refractivity contribution >= 4 is 68.1 Å². The van der Waals surface area contributed by atoms with E-state index in [-0.39, 0.29) is 17.3 Å². The Labute approximate surface area is 384 Å². The molecular formula is C47H54ClN7O7S2. The van der Waals surface area contributed by atoms with Crippen LogP contribution in [-0.4, -0.2) is 99.4 Å². The van der Waals surface area contributed by atoms with Gasteiger partial charge in [-0.25, -0.2) is 17.9 Å². The average molecular weight is 929 g/mol. The molecule has 0 radical (unpaired) electrons. The molecule has 1 aliphatic heterocycles. The number of nitrogens with zero attached hydrogens (tertiary/aromatic N) is 4. The predicted molar refractivity (Wildman–Crippen MR) is 256 cm³/mol. The van der Waals surface area contributed by atoms with Crippen LogP contribution in [0.3, 0.4) is 0 Å². The smallest absolute Gasteiger partial charge is 0.412 e. The molecule has 64 heavy (non-hydrogen) atoms. The number of hydrogen-bond donors (Lipinski definition) is 3. The van der Waals surface area contributed by atoms with Crippen LogP contribution in [0.2, 0.25) is 5.02 Å². The number of halogens is 1. The molecule has 338 valence electrons. The van der Waals surface area contributed by atoms with Crippen LogP contribution in [0.1, 0.15) is 43.1 Å². The van der Waals surface area contributed by atoms with Crippen LogP contribution in [0, 0.1) is 10.1 Å². The van der Waals surface area contributed by atoms with Crippen molar-refractivity contribution in [2.24, 2.45) is 0 Å². The first-order chi connectivity index (χ1) is 30.4. The summed E-state index contributed by atoms with van der Waals surface area (Å²) in [5.41, 5.74) is 3.79. The number of benzene rings is 5. The van der Waals surface area contributed by atoms with Gasteiger partial charge in [0.25, 0.3) is 21.6 Å². The number of amides is 2. The fraction of sp³-hybridized carbons (Fsp3) is 0.319. The first-order valence-corrected chi connectivity index (χ1v) is 23.7. The van der Waals surface area contributed by atoms with Crippen LogP contribution in [0.5, 0.6) is 0 Å². The van der Waals surface area contributed by atoms with Crippen LogP contribution in [-0.2, 0) is 21.3 Å². The van der Waals surface area contributed by atoms with Crippen molar-refractivity contribution in [3.05, 3.63) is 142 Å². The van der Waals surface area contributed by atoms with E-state index in [4.69, 9.17) is 16.3 Å². The first kappa shape index (κ1) is 47.8. The third-order valence-corrected chi connectivity index (χ3v) is 13.1. The molecule has 0 aromatic heterocycles. The Morgan fingerprint density at radius 1 is 0.906 bits per heavy atom. The summed E-state index contributed by atoms with van der Waals surface area (Å²) in [4.78, 5) is 44.7. The molecule has 5 aromatic rings. The van der Waals surface area contributed by atoms with E-state index in [0.29, 0.717) is 42.5 Å². The van der Waals surface area contributed by atoms with Gasteiger partial charge in [0, 0.05) is 77.4 Å². The maximum atomic E-state index is 13.4. The third-order valence-electron chi connectivity index (χ3n) is 10.3. The van der Waals surface area contributed by atoms with Crippen molar-refractivity contribution in [1.29, 1.82) is 0 Å². The molecule has 14 nitrogen and oxygen atoms in total. The predicted octanol–water partition coefficient (Wildman–Crippen LogP) is 9.23. The average Bonchev–Trinajstić information content (AvgIpc) is 3.25. The highest BCUT2D eigenvalue weighted by molar-refractivity contribution is 7.99. The van der Waals surface area contributed by atoms with Gasteiger partial charge in [-0.1, -0.05) is 48.0 Å². The number of rotatable bonds is 17. The molecule has 1 fully saturated rings. The Morgan fingerprint density at radius 3 is 2.23 bits per heavy atom.